The first kappa shape index (κ1) is 17.2. The highest BCUT2D eigenvalue weighted by atomic mass is 16.3. The van der Waals surface area contributed by atoms with Gasteiger partial charge in [0.05, 0.1) is 11.8 Å². The van der Waals surface area contributed by atoms with Gasteiger partial charge < -0.3 is 5.11 Å². The SMILES string of the molecule is CCCCCCCCC(O)Cc1ccn(C(C)CC)n1. The van der Waals surface area contributed by atoms with E-state index in [-0.39, 0.29) is 6.10 Å². The Morgan fingerprint density at radius 3 is 2.55 bits per heavy atom. The van der Waals surface area contributed by atoms with Crippen LogP contribution in [0.5, 0.6) is 0 Å². The zero-order valence-electron chi connectivity index (χ0n) is 13.5. The third kappa shape index (κ3) is 6.56. The summed E-state index contributed by atoms with van der Waals surface area (Å²) in [6, 6.07) is 2.48. The maximum Gasteiger partial charge on any atom is 0.0650 e. The fraction of sp³-hybridized carbons (Fsp3) is 0.824. The van der Waals surface area contributed by atoms with Crippen LogP contribution in [-0.4, -0.2) is 21.0 Å². The van der Waals surface area contributed by atoms with E-state index < -0.39 is 0 Å². The highest BCUT2D eigenvalue weighted by Gasteiger charge is 2.09. The first-order chi connectivity index (χ1) is 9.67. The average Bonchev–Trinajstić information content (AvgIpc) is 2.90. The molecule has 0 saturated heterocycles. The molecule has 116 valence electrons. The Balaban J connectivity index is 2.18. The highest BCUT2D eigenvalue weighted by molar-refractivity contribution is 5.01. The first-order valence-corrected chi connectivity index (χ1v) is 8.39. The van der Waals surface area contributed by atoms with E-state index >= 15 is 0 Å². The zero-order valence-corrected chi connectivity index (χ0v) is 13.5. The Hall–Kier alpha value is -0.830. The summed E-state index contributed by atoms with van der Waals surface area (Å²) in [4.78, 5) is 0. The highest BCUT2D eigenvalue weighted by Crippen LogP contribution is 2.13. The summed E-state index contributed by atoms with van der Waals surface area (Å²) >= 11 is 0. The molecule has 1 aromatic heterocycles. The summed E-state index contributed by atoms with van der Waals surface area (Å²) in [6.07, 6.45) is 12.1. The predicted molar refractivity (Wildman–Crippen MR) is 84.9 cm³/mol. The molecule has 0 amide bonds. The number of unbranched alkanes of at least 4 members (excludes halogenated alkanes) is 5. The molecule has 3 heteroatoms. The van der Waals surface area contributed by atoms with Crippen molar-refractivity contribution in [3.05, 3.63) is 18.0 Å². The number of aliphatic hydroxyl groups excluding tert-OH is 1. The van der Waals surface area contributed by atoms with Crippen molar-refractivity contribution in [1.29, 1.82) is 0 Å². The minimum Gasteiger partial charge on any atom is -0.393 e. The molecular formula is C17H32N2O. The van der Waals surface area contributed by atoms with Gasteiger partial charge in [-0.1, -0.05) is 52.4 Å². The summed E-state index contributed by atoms with van der Waals surface area (Å²) < 4.78 is 2.01. The molecule has 1 heterocycles. The van der Waals surface area contributed by atoms with Crippen LogP contribution in [0.1, 0.15) is 83.9 Å². The van der Waals surface area contributed by atoms with E-state index in [0.717, 1.165) is 25.0 Å². The summed E-state index contributed by atoms with van der Waals surface area (Å²) in [5, 5.41) is 14.6. The van der Waals surface area contributed by atoms with Gasteiger partial charge in [0, 0.05) is 18.7 Å². The van der Waals surface area contributed by atoms with Gasteiger partial charge in [-0.2, -0.15) is 5.10 Å². The number of nitrogens with zero attached hydrogens (tertiary/aromatic N) is 2. The molecule has 0 aliphatic carbocycles. The second-order valence-corrected chi connectivity index (χ2v) is 5.96. The van der Waals surface area contributed by atoms with Gasteiger partial charge in [0.1, 0.15) is 0 Å². The number of aliphatic hydroxyl groups is 1. The maximum absolute atomic E-state index is 10.1. The Morgan fingerprint density at radius 1 is 1.15 bits per heavy atom. The molecule has 3 nitrogen and oxygen atoms in total. The zero-order chi connectivity index (χ0) is 14.8. The molecule has 0 fully saturated rings. The lowest BCUT2D eigenvalue weighted by Gasteiger charge is -2.10. The maximum atomic E-state index is 10.1. The van der Waals surface area contributed by atoms with Crippen molar-refractivity contribution in [2.45, 2.75) is 90.7 Å². The Kier molecular flexibility index (Phi) is 8.59. The monoisotopic (exact) mass is 280 g/mol. The van der Waals surface area contributed by atoms with Crippen LogP contribution >= 0.6 is 0 Å². The van der Waals surface area contributed by atoms with Crippen molar-refractivity contribution < 1.29 is 5.11 Å². The molecule has 0 spiro atoms. The van der Waals surface area contributed by atoms with Gasteiger partial charge in [0.2, 0.25) is 0 Å². The van der Waals surface area contributed by atoms with Gasteiger partial charge in [-0.25, -0.2) is 0 Å². The molecular weight excluding hydrogens is 248 g/mol. The molecule has 0 bridgehead atoms. The summed E-state index contributed by atoms with van der Waals surface area (Å²) in [6.45, 7) is 6.57. The molecule has 20 heavy (non-hydrogen) atoms. The minimum atomic E-state index is -0.235. The molecule has 1 rings (SSSR count). The van der Waals surface area contributed by atoms with Crippen molar-refractivity contribution in [2.75, 3.05) is 0 Å². The summed E-state index contributed by atoms with van der Waals surface area (Å²) in [7, 11) is 0. The second-order valence-electron chi connectivity index (χ2n) is 5.96. The van der Waals surface area contributed by atoms with Crippen molar-refractivity contribution in [2.24, 2.45) is 0 Å². The van der Waals surface area contributed by atoms with Gasteiger partial charge in [-0.15, -0.1) is 0 Å². The fourth-order valence-electron chi connectivity index (χ4n) is 2.42. The second kappa shape index (κ2) is 9.98. The molecule has 0 aliphatic heterocycles. The van der Waals surface area contributed by atoms with Crippen LogP contribution in [0.25, 0.3) is 0 Å². The van der Waals surface area contributed by atoms with E-state index in [1.165, 1.54) is 32.1 Å². The topological polar surface area (TPSA) is 38.0 Å². The van der Waals surface area contributed by atoms with E-state index in [0.29, 0.717) is 12.5 Å². The first-order valence-electron chi connectivity index (χ1n) is 8.39. The van der Waals surface area contributed by atoms with E-state index in [4.69, 9.17) is 0 Å². The van der Waals surface area contributed by atoms with Crippen molar-refractivity contribution in [3.63, 3.8) is 0 Å². The molecule has 1 N–H and O–H groups in total. The quantitative estimate of drug-likeness (QED) is 0.606. The molecule has 0 radical (unpaired) electrons. The summed E-state index contributed by atoms with van der Waals surface area (Å²) in [5.41, 5.74) is 1.02. The van der Waals surface area contributed by atoms with Crippen LogP contribution in [0.4, 0.5) is 0 Å². The summed E-state index contributed by atoms with van der Waals surface area (Å²) in [5.74, 6) is 0. The van der Waals surface area contributed by atoms with Gasteiger partial charge in [0.25, 0.3) is 0 Å². The lowest BCUT2D eigenvalue weighted by atomic mass is 10.0. The molecule has 1 aromatic rings. The lowest BCUT2D eigenvalue weighted by molar-refractivity contribution is 0.159. The standard InChI is InChI=1S/C17H32N2O/c1-4-6-7-8-9-10-11-17(20)14-16-12-13-19(18-16)15(3)5-2/h12-13,15,17,20H,4-11,14H2,1-3H3. The predicted octanol–water partition coefficient (Wildman–Crippen LogP) is 4.51. The van der Waals surface area contributed by atoms with Gasteiger partial charge in [-0.3, -0.25) is 4.68 Å². The van der Waals surface area contributed by atoms with E-state index in [1.807, 2.05) is 16.9 Å². The van der Waals surface area contributed by atoms with E-state index in [1.54, 1.807) is 0 Å². The Morgan fingerprint density at radius 2 is 1.85 bits per heavy atom. The van der Waals surface area contributed by atoms with Crippen LogP contribution in [-0.2, 0) is 6.42 Å². The van der Waals surface area contributed by atoms with Crippen molar-refractivity contribution >= 4 is 0 Å². The Bertz CT molecular complexity index is 349. The van der Waals surface area contributed by atoms with Gasteiger partial charge in [-0.05, 0) is 25.8 Å². The third-order valence-electron chi connectivity index (χ3n) is 4.04. The lowest BCUT2D eigenvalue weighted by Crippen LogP contribution is -2.12. The van der Waals surface area contributed by atoms with E-state index in [2.05, 4.69) is 25.9 Å². The normalized spacial score (nSPS) is 14.4. The van der Waals surface area contributed by atoms with Gasteiger partial charge in [0.15, 0.2) is 0 Å². The molecule has 0 aromatic carbocycles. The smallest absolute Gasteiger partial charge is 0.0650 e. The van der Waals surface area contributed by atoms with Crippen LogP contribution in [0.15, 0.2) is 12.3 Å². The third-order valence-corrected chi connectivity index (χ3v) is 4.04. The van der Waals surface area contributed by atoms with Crippen molar-refractivity contribution in [1.82, 2.24) is 9.78 Å². The minimum absolute atomic E-state index is 0.235. The van der Waals surface area contributed by atoms with Crippen molar-refractivity contribution in [3.8, 4) is 0 Å². The van der Waals surface area contributed by atoms with Crippen LogP contribution in [0.2, 0.25) is 0 Å². The number of hydrogen-bond acceptors (Lipinski definition) is 2. The van der Waals surface area contributed by atoms with Crippen LogP contribution < -0.4 is 0 Å². The number of aromatic nitrogens is 2. The Labute approximate surface area is 124 Å². The largest absolute Gasteiger partial charge is 0.393 e. The fourth-order valence-corrected chi connectivity index (χ4v) is 2.42. The average molecular weight is 280 g/mol. The molecule has 0 aliphatic rings. The van der Waals surface area contributed by atoms with E-state index in [9.17, 15) is 5.11 Å². The number of hydrogen-bond donors (Lipinski definition) is 1. The number of rotatable bonds is 11. The van der Waals surface area contributed by atoms with Crippen LogP contribution in [0.3, 0.4) is 0 Å². The molecule has 2 unspecified atom stereocenters. The van der Waals surface area contributed by atoms with Gasteiger partial charge >= 0.3 is 0 Å². The molecule has 2 atom stereocenters. The molecule has 0 saturated carbocycles. The van der Waals surface area contributed by atoms with Crippen LogP contribution in [0, 0.1) is 0 Å².